The number of benzene rings is 1. The van der Waals surface area contributed by atoms with Crippen molar-refractivity contribution in [1.29, 1.82) is 0 Å². The maximum atomic E-state index is 12.4. The molecule has 2 N–H and O–H groups in total. The van der Waals surface area contributed by atoms with Crippen LogP contribution in [0.15, 0.2) is 35.7 Å². The number of aromatic carboxylic acids is 1. The first-order valence-corrected chi connectivity index (χ1v) is 8.41. The van der Waals surface area contributed by atoms with Gasteiger partial charge in [-0.25, -0.2) is 4.79 Å². The van der Waals surface area contributed by atoms with Crippen molar-refractivity contribution in [2.75, 3.05) is 12.4 Å². The molecule has 1 amide bonds. The summed E-state index contributed by atoms with van der Waals surface area (Å²) in [5.74, 6) is -1.14. The second-order valence-corrected chi connectivity index (χ2v) is 6.83. The lowest BCUT2D eigenvalue weighted by Gasteiger charge is -2.06. The number of carboxylic acids is 1. The summed E-state index contributed by atoms with van der Waals surface area (Å²) in [7, 11) is 1.59. The average molecular weight is 347 g/mol. The van der Waals surface area contributed by atoms with Crippen LogP contribution in [-0.2, 0) is 11.3 Å². The normalized spacial score (nSPS) is 10.8. The van der Waals surface area contributed by atoms with E-state index in [4.69, 9.17) is 9.84 Å². The van der Waals surface area contributed by atoms with Crippen LogP contribution in [0.2, 0.25) is 0 Å². The van der Waals surface area contributed by atoms with Crippen molar-refractivity contribution >= 4 is 50.3 Å². The zero-order chi connectivity index (χ0) is 16.4. The number of thiophene rings is 2. The van der Waals surface area contributed by atoms with E-state index in [2.05, 4.69) is 5.32 Å². The van der Waals surface area contributed by atoms with Crippen LogP contribution in [0.3, 0.4) is 0 Å². The van der Waals surface area contributed by atoms with Crippen LogP contribution in [0.4, 0.5) is 5.69 Å². The predicted molar refractivity (Wildman–Crippen MR) is 91.8 cm³/mol. The second-order valence-electron chi connectivity index (χ2n) is 4.83. The van der Waals surface area contributed by atoms with Gasteiger partial charge in [-0.15, -0.1) is 22.7 Å². The fourth-order valence-electron chi connectivity index (χ4n) is 2.22. The van der Waals surface area contributed by atoms with Crippen LogP contribution in [0.5, 0.6) is 0 Å². The van der Waals surface area contributed by atoms with Gasteiger partial charge in [0.2, 0.25) is 0 Å². The van der Waals surface area contributed by atoms with Gasteiger partial charge in [0.15, 0.2) is 0 Å². The Bertz CT molecular complexity index is 881. The van der Waals surface area contributed by atoms with E-state index in [0.29, 0.717) is 17.2 Å². The van der Waals surface area contributed by atoms with E-state index in [1.54, 1.807) is 25.3 Å². The molecule has 0 aliphatic carbocycles. The summed E-state index contributed by atoms with van der Waals surface area (Å²) >= 11 is 2.57. The summed E-state index contributed by atoms with van der Waals surface area (Å²) in [6.07, 6.45) is 0. The molecule has 0 radical (unpaired) electrons. The Morgan fingerprint density at radius 2 is 2.09 bits per heavy atom. The third kappa shape index (κ3) is 3.26. The number of ether oxygens (including phenoxy) is 1. The Morgan fingerprint density at radius 3 is 2.83 bits per heavy atom. The van der Waals surface area contributed by atoms with Crippen LogP contribution in [-0.4, -0.2) is 24.1 Å². The smallest absolute Gasteiger partial charge is 0.345 e. The van der Waals surface area contributed by atoms with E-state index in [1.807, 2.05) is 17.5 Å². The van der Waals surface area contributed by atoms with Crippen molar-refractivity contribution in [2.45, 2.75) is 6.61 Å². The van der Waals surface area contributed by atoms with Crippen LogP contribution in [0.1, 0.15) is 24.9 Å². The fraction of sp³-hybridized carbons (Fsp3) is 0.125. The Labute approximate surface area is 140 Å². The van der Waals surface area contributed by atoms with Crippen LogP contribution in [0, 0.1) is 0 Å². The zero-order valence-electron chi connectivity index (χ0n) is 12.2. The molecule has 2 heterocycles. The lowest BCUT2D eigenvalue weighted by Crippen LogP contribution is -2.12. The Morgan fingerprint density at radius 1 is 1.26 bits per heavy atom. The summed E-state index contributed by atoms with van der Waals surface area (Å²) in [6, 6.07) is 8.84. The highest BCUT2D eigenvalue weighted by molar-refractivity contribution is 7.20. The number of anilines is 1. The summed E-state index contributed by atoms with van der Waals surface area (Å²) in [6.45, 7) is 0.387. The topological polar surface area (TPSA) is 75.6 Å². The molecular formula is C16H13NO4S2. The number of rotatable bonds is 5. The molecule has 23 heavy (non-hydrogen) atoms. The van der Waals surface area contributed by atoms with Gasteiger partial charge in [0, 0.05) is 23.1 Å². The number of nitrogens with one attached hydrogen (secondary N) is 1. The molecule has 0 saturated heterocycles. The minimum atomic E-state index is -0.945. The van der Waals surface area contributed by atoms with Gasteiger partial charge in [-0.1, -0.05) is 0 Å². The molecule has 0 fully saturated rings. The molecule has 0 atom stereocenters. The first-order valence-electron chi connectivity index (χ1n) is 6.72. The molecule has 0 aliphatic heterocycles. The van der Waals surface area contributed by atoms with Gasteiger partial charge in [-0.3, -0.25) is 4.79 Å². The number of hydrogen-bond acceptors (Lipinski definition) is 5. The molecule has 5 nitrogen and oxygen atoms in total. The molecule has 0 unspecified atom stereocenters. The van der Waals surface area contributed by atoms with Gasteiger partial charge < -0.3 is 15.2 Å². The zero-order valence-corrected chi connectivity index (χ0v) is 13.8. The third-order valence-electron chi connectivity index (χ3n) is 3.24. The number of carbonyl (C=O) groups is 2. The molecule has 2 aromatic heterocycles. The highest BCUT2D eigenvalue weighted by Crippen LogP contribution is 2.28. The van der Waals surface area contributed by atoms with E-state index in [0.717, 1.165) is 15.6 Å². The van der Waals surface area contributed by atoms with Crippen molar-refractivity contribution in [3.8, 4) is 0 Å². The molecule has 0 aliphatic rings. The molecule has 1 aromatic carbocycles. The molecule has 7 heteroatoms. The van der Waals surface area contributed by atoms with Crippen molar-refractivity contribution in [3.05, 3.63) is 51.0 Å². The quantitative estimate of drug-likeness (QED) is 0.730. The summed E-state index contributed by atoms with van der Waals surface area (Å²) in [4.78, 5) is 24.3. The SMILES string of the molecule is COCc1ccsc1C(=O)Nc1ccc2sc(C(=O)O)cc2c1. The van der Waals surface area contributed by atoms with Gasteiger partial charge in [0.25, 0.3) is 5.91 Å². The van der Waals surface area contributed by atoms with Gasteiger partial charge in [0.05, 0.1) is 11.5 Å². The molecular weight excluding hydrogens is 334 g/mol. The number of carbonyl (C=O) groups excluding carboxylic acids is 1. The van der Waals surface area contributed by atoms with Crippen molar-refractivity contribution in [3.63, 3.8) is 0 Å². The Balaban J connectivity index is 1.84. The highest BCUT2D eigenvalue weighted by atomic mass is 32.1. The van der Waals surface area contributed by atoms with Crippen molar-refractivity contribution in [1.82, 2.24) is 0 Å². The highest BCUT2D eigenvalue weighted by Gasteiger charge is 2.14. The minimum Gasteiger partial charge on any atom is -0.477 e. The van der Waals surface area contributed by atoms with Gasteiger partial charge in [-0.2, -0.15) is 0 Å². The van der Waals surface area contributed by atoms with Crippen LogP contribution >= 0.6 is 22.7 Å². The van der Waals surface area contributed by atoms with Crippen molar-refractivity contribution < 1.29 is 19.4 Å². The van der Waals surface area contributed by atoms with E-state index in [1.165, 1.54) is 22.7 Å². The van der Waals surface area contributed by atoms with Crippen LogP contribution < -0.4 is 5.32 Å². The molecule has 0 saturated carbocycles. The Kier molecular flexibility index (Phi) is 4.42. The summed E-state index contributed by atoms with van der Waals surface area (Å²) < 4.78 is 5.95. The minimum absolute atomic E-state index is 0.194. The second kappa shape index (κ2) is 6.49. The maximum Gasteiger partial charge on any atom is 0.345 e. The van der Waals surface area contributed by atoms with Gasteiger partial charge in [0.1, 0.15) is 4.88 Å². The van der Waals surface area contributed by atoms with Crippen LogP contribution in [0.25, 0.3) is 10.1 Å². The van der Waals surface area contributed by atoms with E-state index in [9.17, 15) is 9.59 Å². The van der Waals surface area contributed by atoms with E-state index < -0.39 is 5.97 Å². The van der Waals surface area contributed by atoms with Crippen molar-refractivity contribution in [2.24, 2.45) is 0 Å². The van der Waals surface area contributed by atoms with Gasteiger partial charge >= 0.3 is 5.97 Å². The lowest BCUT2D eigenvalue weighted by molar-refractivity contribution is 0.0702. The summed E-state index contributed by atoms with van der Waals surface area (Å²) in [5, 5.41) is 14.5. The fourth-order valence-corrected chi connectivity index (χ4v) is 3.91. The summed E-state index contributed by atoms with van der Waals surface area (Å²) in [5.41, 5.74) is 1.48. The predicted octanol–water partition coefficient (Wildman–Crippen LogP) is 4.06. The maximum absolute atomic E-state index is 12.4. The molecule has 3 rings (SSSR count). The molecule has 118 valence electrons. The third-order valence-corrected chi connectivity index (χ3v) is 5.30. The number of fused-ring (bicyclic) bond motifs is 1. The average Bonchev–Trinajstić information content (AvgIpc) is 3.13. The lowest BCUT2D eigenvalue weighted by atomic mass is 10.2. The molecule has 0 bridgehead atoms. The largest absolute Gasteiger partial charge is 0.477 e. The van der Waals surface area contributed by atoms with Gasteiger partial charge in [-0.05, 0) is 41.1 Å². The van der Waals surface area contributed by atoms with E-state index >= 15 is 0 Å². The standard InChI is InChI=1S/C16H13NO4S2/c1-21-8-9-4-5-22-14(9)15(18)17-11-2-3-12-10(6-11)7-13(23-12)16(19)20/h2-7H,8H2,1H3,(H,17,18)(H,19,20). The number of methoxy groups -OCH3 is 1. The molecule has 0 spiro atoms. The number of amides is 1. The Hall–Kier alpha value is -2.22. The van der Waals surface area contributed by atoms with E-state index in [-0.39, 0.29) is 10.8 Å². The first kappa shape index (κ1) is 15.7. The first-order chi connectivity index (χ1) is 11.1. The molecule has 3 aromatic rings. The monoisotopic (exact) mass is 347 g/mol. The number of hydrogen-bond donors (Lipinski definition) is 2. The number of carboxylic acid groups (broad SMARTS) is 1.